The normalized spacial score (nSPS) is 13.7. The Kier molecular flexibility index (Phi) is 6.01. The molecule has 0 spiro atoms. The summed E-state index contributed by atoms with van der Waals surface area (Å²) in [4.78, 5) is 36.7. The number of benzene rings is 2. The van der Waals surface area contributed by atoms with E-state index in [2.05, 4.69) is 16.0 Å². The van der Waals surface area contributed by atoms with Gasteiger partial charge in [-0.1, -0.05) is 24.3 Å². The summed E-state index contributed by atoms with van der Waals surface area (Å²) in [6.45, 7) is 3.77. The van der Waals surface area contributed by atoms with Crippen LogP contribution in [0.5, 0.6) is 0 Å². The van der Waals surface area contributed by atoms with Gasteiger partial charge in [0.25, 0.3) is 5.91 Å². The van der Waals surface area contributed by atoms with Crippen LogP contribution < -0.4 is 15.9 Å². The van der Waals surface area contributed by atoms with Gasteiger partial charge >= 0.3 is 0 Å². The molecule has 1 aliphatic heterocycles. The predicted molar refractivity (Wildman–Crippen MR) is 106 cm³/mol. The van der Waals surface area contributed by atoms with Crippen molar-refractivity contribution in [1.29, 1.82) is 0 Å². The molecule has 8 heteroatoms. The van der Waals surface area contributed by atoms with Gasteiger partial charge < -0.3 is 0 Å². The molecule has 7 nitrogen and oxygen atoms in total. The minimum Gasteiger partial charge on any atom is -0.273 e. The molecule has 0 saturated heterocycles. The number of halogens is 1. The molecule has 0 fully saturated rings. The summed E-state index contributed by atoms with van der Waals surface area (Å²) < 4.78 is 12.9. The Balaban J connectivity index is 1.65. The number of hydrogen-bond donors (Lipinski definition) is 2. The Hall–Kier alpha value is -3.55. The molecular formula is C21H21FN4O3. The van der Waals surface area contributed by atoms with E-state index in [1.54, 1.807) is 0 Å². The second-order valence-electron chi connectivity index (χ2n) is 6.85. The zero-order valence-corrected chi connectivity index (χ0v) is 16.2. The van der Waals surface area contributed by atoms with E-state index in [1.165, 1.54) is 29.3 Å². The highest BCUT2D eigenvalue weighted by Gasteiger charge is 2.26. The van der Waals surface area contributed by atoms with Crippen LogP contribution in [0.3, 0.4) is 0 Å². The van der Waals surface area contributed by atoms with Gasteiger partial charge in [0, 0.05) is 12.8 Å². The van der Waals surface area contributed by atoms with Gasteiger partial charge in [0.15, 0.2) is 0 Å². The lowest BCUT2D eigenvalue weighted by atomic mass is 10.1. The summed E-state index contributed by atoms with van der Waals surface area (Å²) in [6, 6.07) is 11.2. The monoisotopic (exact) mass is 396 g/mol. The molecule has 0 aliphatic carbocycles. The third-order valence-corrected chi connectivity index (χ3v) is 4.48. The smallest absolute Gasteiger partial charge is 0.273 e. The SMILES string of the molecule is Cc1ccc(C)c(N2N=C(C(=O)NNC(=O)Cc3ccc(F)cc3)CCC2=O)c1. The fourth-order valence-corrected chi connectivity index (χ4v) is 2.88. The average molecular weight is 396 g/mol. The van der Waals surface area contributed by atoms with Crippen LogP contribution in [0.25, 0.3) is 0 Å². The first-order chi connectivity index (χ1) is 13.8. The molecule has 3 rings (SSSR count). The van der Waals surface area contributed by atoms with Crippen LogP contribution in [0, 0.1) is 19.7 Å². The molecule has 150 valence electrons. The number of carbonyl (C=O) groups is 3. The fraction of sp³-hybridized carbons (Fsp3) is 0.238. The highest BCUT2D eigenvalue weighted by Crippen LogP contribution is 2.25. The summed E-state index contributed by atoms with van der Waals surface area (Å²) in [7, 11) is 0. The van der Waals surface area contributed by atoms with Crippen LogP contribution in [0.4, 0.5) is 10.1 Å². The van der Waals surface area contributed by atoms with E-state index in [9.17, 15) is 18.8 Å². The average Bonchev–Trinajstić information content (AvgIpc) is 2.70. The van der Waals surface area contributed by atoms with Crippen molar-refractivity contribution in [3.63, 3.8) is 0 Å². The molecule has 1 aliphatic rings. The molecule has 3 amide bonds. The van der Waals surface area contributed by atoms with Crippen molar-refractivity contribution in [3.8, 4) is 0 Å². The molecule has 0 saturated carbocycles. The second kappa shape index (κ2) is 8.64. The van der Waals surface area contributed by atoms with Crippen LogP contribution in [-0.2, 0) is 20.8 Å². The quantitative estimate of drug-likeness (QED) is 0.777. The molecular weight excluding hydrogens is 375 g/mol. The maximum atomic E-state index is 12.9. The number of carbonyl (C=O) groups excluding carboxylic acids is 3. The highest BCUT2D eigenvalue weighted by molar-refractivity contribution is 6.40. The summed E-state index contributed by atoms with van der Waals surface area (Å²) in [6.07, 6.45) is 0.309. The number of amides is 3. The number of rotatable bonds is 4. The van der Waals surface area contributed by atoms with E-state index in [1.807, 2.05) is 32.0 Å². The molecule has 29 heavy (non-hydrogen) atoms. The Morgan fingerprint density at radius 3 is 2.52 bits per heavy atom. The van der Waals surface area contributed by atoms with Crippen LogP contribution in [0.15, 0.2) is 47.6 Å². The third-order valence-electron chi connectivity index (χ3n) is 4.48. The molecule has 0 bridgehead atoms. The zero-order chi connectivity index (χ0) is 21.0. The molecule has 2 N–H and O–H groups in total. The Labute approximate surface area is 167 Å². The lowest BCUT2D eigenvalue weighted by Crippen LogP contribution is -2.47. The molecule has 2 aromatic rings. The maximum absolute atomic E-state index is 12.9. The number of nitrogens with zero attached hydrogens (tertiary/aromatic N) is 2. The lowest BCUT2D eigenvalue weighted by Gasteiger charge is -2.24. The van der Waals surface area contributed by atoms with Gasteiger partial charge in [-0.05, 0) is 48.7 Å². The van der Waals surface area contributed by atoms with Crippen molar-refractivity contribution in [2.45, 2.75) is 33.1 Å². The summed E-state index contributed by atoms with van der Waals surface area (Å²) in [5.41, 5.74) is 7.84. The van der Waals surface area contributed by atoms with Gasteiger partial charge in [0.1, 0.15) is 11.5 Å². The summed E-state index contributed by atoms with van der Waals surface area (Å²) in [5, 5.41) is 5.44. The Morgan fingerprint density at radius 1 is 1.07 bits per heavy atom. The minimum absolute atomic E-state index is 0.0138. The lowest BCUT2D eigenvalue weighted by molar-refractivity contribution is -0.125. The number of aryl methyl sites for hydroxylation is 2. The van der Waals surface area contributed by atoms with Crippen molar-refractivity contribution in [3.05, 3.63) is 65.0 Å². The predicted octanol–water partition coefficient (Wildman–Crippen LogP) is 2.32. The molecule has 0 aromatic heterocycles. The van der Waals surface area contributed by atoms with Crippen molar-refractivity contribution >= 4 is 29.1 Å². The Bertz CT molecular complexity index is 986. The zero-order valence-electron chi connectivity index (χ0n) is 16.2. The standard InChI is InChI=1S/C21H21FN4O3/c1-13-3-4-14(2)18(11-13)26-20(28)10-9-17(25-26)21(29)24-23-19(27)12-15-5-7-16(22)8-6-15/h3-8,11H,9-10,12H2,1-2H3,(H,23,27)(H,24,29). The molecule has 1 heterocycles. The number of hydrazone groups is 1. The van der Waals surface area contributed by atoms with Gasteiger partial charge in [0.05, 0.1) is 12.1 Å². The van der Waals surface area contributed by atoms with Crippen molar-refractivity contribution < 1.29 is 18.8 Å². The van der Waals surface area contributed by atoms with E-state index in [-0.39, 0.29) is 36.7 Å². The van der Waals surface area contributed by atoms with E-state index >= 15 is 0 Å². The van der Waals surface area contributed by atoms with E-state index < -0.39 is 11.8 Å². The highest BCUT2D eigenvalue weighted by atomic mass is 19.1. The molecule has 0 radical (unpaired) electrons. The van der Waals surface area contributed by atoms with Crippen molar-refractivity contribution in [1.82, 2.24) is 10.9 Å². The van der Waals surface area contributed by atoms with Crippen LogP contribution in [0.2, 0.25) is 0 Å². The van der Waals surface area contributed by atoms with Gasteiger partial charge in [-0.25, -0.2) is 9.40 Å². The third kappa shape index (κ3) is 5.04. The minimum atomic E-state index is -0.583. The summed E-state index contributed by atoms with van der Waals surface area (Å²) in [5.74, 6) is -1.62. The first-order valence-electron chi connectivity index (χ1n) is 9.15. The van der Waals surface area contributed by atoms with Crippen molar-refractivity contribution in [2.75, 3.05) is 5.01 Å². The number of hydrogen-bond acceptors (Lipinski definition) is 4. The molecule has 0 unspecified atom stereocenters. The summed E-state index contributed by atoms with van der Waals surface area (Å²) >= 11 is 0. The second-order valence-corrected chi connectivity index (χ2v) is 6.85. The van der Waals surface area contributed by atoms with E-state index in [0.717, 1.165) is 11.1 Å². The molecule has 0 atom stereocenters. The van der Waals surface area contributed by atoms with Gasteiger partial charge in [0.2, 0.25) is 11.8 Å². The Morgan fingerprint density at radius 2 is 1.79 bits per heavy atom. The topological polar surface area (TPSA) is 90.9 Å². The van der Waals surface area contributed by atoms with E-state index in [4.69, 9.17) is 0 Å². The number of nitrogens with one attached hydrogen (secondary N) is 2. The van der Waals surface area contributed by atoms with Crippen LogP contribution >= 0.6 is 0 Å². The van der Waals surface area contributed by atoms with Crippen LogP contribution in [-0.4, -0.2) is 23.4 Å². The molecule has 2 aromatic carbocycles. The van der Waals surface area contributed by atoms with Crippen LogP contribution in [0.1, 0.15) is 29.5 Å². The van der Waals surface area contributed by atoms with Gasteiger partial charge in [-0.2, -0.15) is 5.10 Å². The maximum Gasteiger partial charge on any atom is 0.285 e. The first kappa shape index (κ1) is 20.2. The number of anilines is 1. The van der Waals surface area contributed by atoms with Crippen molar-refractivity contribution in [2.24, 2.45) is 5.10 Å². The fourth-order valence-electron chi connectivity index (χ4n) is 2.88. The largest absolute Gasteiger partial charge is 0.285 e. The van der Waals surface area contributed by atoms with E-state index in [0.29, 0.717) is 11.3 Å². The van der Waals surface area contributed by atoms with Gasteiger partial charge in [-0.3, -0.25) is 25.2 Å². The first-order valence-corrected chi connectivity index (χ1v) is 9.15. The number of hydrazine groups is 1. The van der Waals surface area contributed by atoms with Gasteiger partial charge in [-0.15, -0.1) is 0 Å².